The molecule has 4 aromatic rings. The lowest BCUT2D eigenvalue weighted by Gasteiger charge is -2.10. The SMILES string of the molecule is COc1ccc(CCNCc2cn(Cc3ccc(F)cc3Cl)c3ccccc23)cc1OC. The second kappa shape index (κ2) is 10.1. The Morgan fingerprint density at radius 3 is 2.53 bits per heavy atom. The maximum Gasteiger partial charge on any atom is 0.160 e. The normalized spacial score (nSPS) is 11.1. The van der Waals surface area contributed by atoms with Crippen LogP contribution in [0.3, 0.4) is 0 Å². The topological polar surface area (TPSA) is 35.4 Å². The quantitative estimate of drug-likeness (QED) is 0.324. The van der Waals surface area contributed by atoms with E-state index in [1.54, 1.807) is 20.3 Å². The van der Waals surface area contributed by atoms with Crippen LogP contribution >= 0.6 is 11.6 Å². The second-order valence-electron chi connectivity index (χ2n) is 7.65. The van der Waals surface area contributed by atoms with Gasteiger partial charge in [0.15, 0.2) is 11.5 Å². The van der Waals surface area contributed by atoms with Crippen LogP contribution in [0.1, 0.15) is 16.7 Å². The summed E-state index contributed by atoms with van der Waals surface area (Å²) in [6.07, 6.45) is 3.03. The molecule has 0 saturated heterocycles. The summed E-state index contributed by atoms with van der Waals surface area (Å²) in [6, 6.07) is 18.9. The molecule has 6 heteroatoms. The number of rotatable bonds is 9. The molecule has 0 unspecified atom stereocenters. The molecule has 4 rings (SSSR count). The Morgan fingerprint density at radius 1 is 0.938 bits per heavy atom. The zero-order valence-corrected chi connectivity index (χ0v) is 19.0. The van der Waals surface area contributed by atoms with Gasteiger partial charge in [-0.1, -0.05) is 41.9 Å². The fourth-order valence-electron chi connectivity index (χ4n) is 3.92. The van der Waals surface area contributed by atoms with Gasteiger partial charge in [0.2, 0.25) is 0 Å². The number of aromatic nitrogens is 1. The van der Waals surface area contributed by atoms with Crippen LogP contribution in [0.4, 0.5) is 4.39 Å². The molecule has 0 aliphatic rings. The molecule has 4 nitrogen and oxygen atoms in total. The van der Waals surface area contributed by atoms with Crippen molar-refractivity contribution < 1.29 is 13.9 Å². The summed E-state index contributed by atoms with van der Waals surface area (Å²) >= 11 is 6.26. The van der Waals surface area contributed by atoms with E-state index < -0.39 is 0 Å². The number of para-hydroxylation sites is 1. The van der Waals surface area contributed by atoms with E-state index in [-0.39, 0.29) is 5.82 Å². The average Bonchev–Trinajstić information content (AvgIpc) is 3.16. The molecule has 3 aromatic carbocycles. The number of hydrogen-bond donors (Lipinski definition) is 1. The van der Waals surface area contributed by atoms with E-state index in [0.717, 1.165) is 42.1 Å². The first-order chi connectivity index (χ1) is 15.6. The summed E-state index contributed by atoms with van der Waals surface area (Å²) in [4.78, 5) is 0. The number of ether oxygens (including phenoxy) is 2. The van der Waals surface area contributed by atoms with Gasteiger partial charge in [0.1, 0.15) is 5.82 Å². The molecule has 0 bridgehead atoms. The van der Waals surface area contributed by atoms with Gasteiger partial charge in [-0.25, -0.2) is 4.39 Å². The predicted molar refractivity (Wildman–Crippen MR) is 127 cm³/mol. The van der Waals surface area contributed by atoms with Crippen molar-refractivity contribution in [3.05, 3.63) is 94.4 Å². The lowest BCUT2D eigenvalue weighted by molar-refractivity contribution is 0.354. The van der Waals surface area contributed by atoms with Crippen molar-refractivity contribution >= 4 is 22.5 Å². The summed E-state index contributed by atoms with van der Waals surface area (Å²) in [6.45, 7) is 2.17. The number of benzene rings is 3. The summed E-state index contributed by atoms with van der Waals surface area (Å²) in [5.41, 5.74) is 4.42. The van der Waals surface area contributed by atoms with E-state index in [1.165, 1.54) is 28.6 Å². The highest BCUT2D eigenvalue weighted by molar-refractivity contribution is 6.31. The second-order valence-corrected chi connectivity index (χ2v) is 8.06. The Hall–Kier alpha value is -3.02. The largest absolute Gasteiger partial charge is 0.493 e. The smallest absolute Gasteiger partial charge is 0.160 e. The number of halogens is 2. The summed E-state index contributed by atoms with van der Waals surface area (Å²) in [5.74, 6) is 1.15. The number of hydrogen-bond acceptors (Lipinski definition) is 3. The molecule has 1 heterocycles. The molecule has 1 N–H and O–H groups in total. The van der Waals surface area contributed by atoms with E-state index in [1.807, 2.05) is 24.3 Å². The van der Waals surface area contributed by atoms with Crippen molar-refractivity contribution in [3.8, 4) is 11.5 Å². The minimum absolute atomic E-state index is 0.324. The van der Waals surface area contributed by atoms with Gasteiger partial charge in [0.05, 0.1) is 14.2 Å². The van der Waals surface area contributed by atoms with E-state index in [0.29, 0.717) is 11.6 Å². The zero-order valence-electron chi connectivity index (χ0n) is 18.2. The van der Waals surface area contributed by atoms with E-state index in [2.05, 4.69) is 34.3 Å². The van der Waals surface area contributed by atoms with Crippen LogP contribution in [-0.4, -0.2) is 25.3 Å². The molecule has 32 heavy (non-hydrogen) atoms. The molecule has 1 aromatic heterocycles. The molecule has 0 spiro atoms. The highest BCUT2D eigenvalue weighted by Gasteiger charge is 2.11. The Kier molecular flexibility index (Phi) is 6.98. The van der Waals surface area contributed by atoms with Crippen LogP contribution in [0.2, 0.25) is 5.02 Å². The predicted octanol–water partition coefficient (Wildman–Crippen LogP) is 5.83. The first-order valence-corrected chi connectivity index (χ1v) is 10.9. The van der Waals surface area contributed by atoms with Gasteiger partial charge in [0, 0.05) is 35.2 Å². The Bertz CT molecular complexity index is 1220. The molecule has 0 amide bonds. The standard InChI is InChI=1S/C26H26ClFN2O2/c1-31-25-10-7-18(13-26(25)32-2)11-12-29-15-20-17-30(24-6-4-3-5-22(20)24)16-19-8-9-21(28)14-23(19)27/h3-10,13-14,17,29H,11-12,15-16H2,1-2H3. The molecule has 0 fully saturated rings. The van der Waals surface area contributed by atoms with Crippen LogP contribution in [0, 0.1) is 5.82 Å². The van der Waals surface area contributed by atoms with E-state index >= 15 is 0 Å². The van der Waals surface area contributed by atoms with Crippen LogP contribution in [0.15, 0.2) is 66.9 Å². The van der Waals surface area contributed by atoms with Gasteiger partial charge in [-0.3, -0.25) is 0 Å². The molecular formula is C26H26ClFN2O2. The summed E-state index contributed by atoms with van der Waals surface area (Å²) < 4.78 is 26.3. The van der Waals surface area contributed by atoms with Gasteiger partial charge < -0.3 is 19.4 Å². The Balaban J connectivity index is 1.44. The third-order valence-electron chi connectivity index (χ3n) is 5.58. The number of nitrogens with zero attached hydrogens (tertiary/aromatic N) is 1. The lowest BCUT2D eigenvalue weighted by Crippen LogP contribution is -2.16. The van der Waals surface area contributed by atoms with Crippen molar-refractivity contribution in [1.29, 1.82) is 0 Å². The molecular weight excluding hydrogens is 427 g/mol. The average molecular weight is 453 g/mol. The molecule has 0 aliphatic carbocycles. The molecule has 0 saturated carbocycles. The fourth-order valence-corrected chi connectivity index (χ4v) is 4.15. The maximum absolute atomic E-state index is 13.4. The van der Waals surface area contributed by atoms with Gasteiger partial charge in [0.25, 0.3) is 0 Å². The third kappa shape index (κ3) is 4.90. The summed E-state index contributed by atoms with van der Waals surface area (Å²) in [7, 11) is 3.29. The van der Waals surface area contributed by atoms with Crippen molar-refractivity contribution in [1.82, 2.24) is 9.88 Å². The summed E-state index contributed by atoms with van der Waals surface area (Å²) in [5, 5.41) is 5.18. The van der Waals surface area contributed by atoms with Crippen LogP contribution in [-0.2, 0) is 19.5 Å². The van der Waals surface area contributed by atoms with Crippen molar-refractivity contribution in [2.45, 2.75) is 19.5 Å². The monoisotopic (exact) mass is 452 g/mol. The number of nitrogens with one attached hydrogen (secondary N) is 1. The molecule has 0 atom stereocenters. The molecule has 0 aliphatic heterocycles. The third-order valence-corrected chi connectivity index (χ3v) is 5.93. The highest BCUT2D eigenvalue weighted by Crippen LogP contribution is 2.28. The maximum atomic E-state index is 13.4. The van der Waals surface area contributed by atoms with E-state index in [9.17, 15) is 4.39 Å². The van der Waals surface area contributed by atoms with Crippen molar-refractivity contribution in [2.24, 2.45) is 0 Å². The van der Waals surface area contributed by atoms with Gasteiger partial charge >= 0.3 is 0 Å². The fraction of sp³-hybridized carbons (Fsp3) is 0.231. The molecule has 166 valence electrons. The zero-order chi connectivity index (χ0) is 22.5. The van der Waals surface area contributed by atoms with Gasteiger partial charge in [-0.2, -0.15) is 0 Å². The first kappa shape index (κ1) is 22.2. The minimum Gasteiger partial charge on any atom is -0.493 e. The van der Waals surface area contributed by atoms with E-state index in [4.69, 9.17) is 21.1 Å². The minimum atomic E-state index is -0.324. The van der Waals surface area contributed by atoms with Crippen molar-refractivity contribution in [2.75, 3.05) is 20.8 Å². The van der Waals surface area contributed by atoms with Gasteiger partial charge in [-0.05, 0) is 60.0 Å². The highest BCUT2D eigenvalue weighted by atomic mass is 35.5. The Morgan fingerprint density at radius 2 is 1.75 bits per heavy atom. The van der Waals surface area contributed by atoms with Crippen LogP contribution in [0.25, 0.3) is 10.9 Å². The van der Waals surface area contributed by atoms with Crippen LogP contribution in [0.5, 0.6) is 11.5 Å². The van der Waals surface area contributed by atoms with Gasteiger partial charge in [-0.15, -0.1) is 0 Å². The molecule has 0 radical (unpaired) electrons. The number of methoxy groups -OCH3 is 2. The first-order valence-electron chi connectivity index (χ1n) is 10.5. The van der Waals surface area contributed by atoms with Crippen LogP contribution < -0.4 is 14.8 Å². The lowest BCUT2D eigenvalue weighted by atomic mass is 10.1. The Labute approximate surface area is 192 Å². The van der Waals surface area contributed by atoms with Crippen molar-refractivity contribution in [3.63, 3.8) is 0 Å². The number of fused-ring (bicyclic) bond motifs is 1.